The molecule has 2 heterocycles. The molecule has 0 bridgehead atoms. The van der Waals surface area contributed by atoms with Gasteiger partial charge in [-0.1, -0.05) is 66.4 Å². The van der Waals surface area contributed by atoms with Crippen LogP contribution in [-0.4, -0.2) is 5.91 Å². The Morgan fingerprint density at radius 2 is 1.58 bits per heavy atom. The first-order valence-electron chi connectivity index (χ1n) is 8.81. The molecule has 0 spiro atoms. The van der Waals surface area contributed by atoms with Gasteiger partial charge in [0, 0.05) is 16.8 Å². The molecule has 124 valence electrons. The zero-order valence-corrected chi connectivity index (χ0v) is 14.4. The van der Waals surface area contributed by atoms with Crippen LogP contribution in [0.15, 0.2) is 78.9 Å². The first-order valence-corrected chi connectivity index (χ1v) is 8.81. The average molecular weight is 335 g/mol. The molecule has 26 heavy (non-hydrogen) atoms. The van der Waals surface area contributed by atoms with Gasteiger partial charge in [-0.3, -0.25) is 9.69 Å². The van der Waals surface area contributed by atoms with Gasteiger partial charge in [0.05, 0.1) is 11.5 Å². The van der Waals surface area contributed by atoms with Crippen molar-refractivity contribution >= 4 is 11.6 Å². The lowest BCUT2D eigenvalue weighted by Crippen LogP contribution is -2.40. The van der Waals surface area contributed by atoms with Crippen LogP contribution in [0, 0.1) is 11.8 Å². The van der Waals surface area contributed by atoms with E-state index in [4.69, 9.17) is 0 Å². The maximum Gasteiger partial charge on any atom is 0.259 e. The fraction of sp³-hybridized carbons (Fsp3) is 0.125. The number of nitrogens with zero attached hydrogens (tertiary/aromatic N) is 1. The Kier molecular flexibility index (Phi) is 3.08. The second-order valence-corrected chi connectivity index (χ2v) is 6.96. The highest BCUT2D eigenvalue weighted by atomic mass is 16.2. The number of rotatable bonds is 0. The molecular formula is C24H17NO. The van der Waals surface area contributed by atoms with E-state index in [9.17, 15) is 4.79 Å². The van der Waals surface area contributed by atoms with Crippen molar-refractivity contribution in [2.45, 2.75) is 18.4 Å². The van der Waals surface area contributed by atoms with Gasteiger partial charge in [-0.2, -0.15) is 0 Å². The molecular weight excluding hydrogens is 318 g/mol. The molecule has 2 heteroatoms. The summed E-state index contributed by atoms with van der Waals surface area (Å²) in [6.45, 7) is 2.14. The molecule has 0 radical (unpaired) electrons. The van der Waals surface area contributed by atoms with Crippen LogP contribution in [0.5, 0.6) is 0 Å². The van der Waals surface area contributed by atoms with Crippen LogP contribution < -0.4 is 4.90 Å². The van der Waals surface area contributed by atoms with Gasteiger partial charge in [0.2, 0.25) is 0 Å². The zero-order chi connectivity index (χ0) is 17.7. The highest BCUT2D eigenvalue weighted by molar-refractivity contribution is 6.14. The Morgan fingerprint density at radius 1 is 0.885 bits per heavy atom. The number of amides is 1. The van der Waals surface area contributed by atoms with Crippen LogP contribution in [0.1, 0.15) is 39.9 Å². The molecule has 0 aliphatic carbocycles. The Hall–Kier alpha value is -3.31. The number of carbonyl (C=O) groups is 1. The minimum absolute atomic E-state index is 0.0634. The molecule has 3 aromatic carbocycles. The minimum atomic E-state index is -0.473. The number of anilines is 1. The maximum absolute atomic E-state index is 13.1. The highest BCUT2D eigenvalue weighted by Gasteiger charge is 2.57. The molecule has 2 aliphatic rings. The summed E-state index contributed by atoms with van der Waals surface area (Å²) in [6.07, 6.45) is 0. The van der Waals surface area contributed by atoms with Crippen molar-refractivity contribution in [1.29, 1.82) is 0 Å². The summed E-state index contributed by atoms with van der Waals surface area (Å²) in [5.41, 5.74) is 4.47. The van der Waals surface area contributed by atoms with Gasteiger partial charge >= 0.3 is 0 Å². The fourth-order valence-corrected chi connectivity index (χ4v) is 4.34. The van der Waals surface area contributed by atoms with E-state index in [0.29, 0.717) is 0 Å². The van der Waals surface area contributed by atoms with Crippen LogP contribution in [0.3, 0.4) is 0 Å². The Bertz CT molecular complexity index is 1090. The first-order chi connectivity index (χ1) is 12.7. The SMILES string of the molecule is C[C@@]12c3ccccc3C(=O)N1c1ccccc1[C@@H]2C#Cc1ccccc1. The van der Waals surface area contributed by atoms with E-state index >= 15 is 0 Å². The van der Waals surface area contributed by atoms with E-state index < -0.39 is 5.54 Å². The fourth-order valence-electron chi connectivity index (χ4n) is 4.34. The molecule has 2 nitrogen and oxygen atoms in total. The van der Waals surface area contributed by atoms with Crippen molar-refractivity contribution in [3.05, 3.63) is 101 Å². The molecule has 0 unspecified atom stereocenters. The largest absolute Gasteiger partial charge is 0.296 e. The van der Waals surface area contributed by atoms with Gasteiger partial charge in [0.15, 0.2) is 0 Å². The van der Waals surface area contributed by atoms with Crippen LogP contribution in [0.4, 0.5) is 5.69 Å². The van der Waals surface area contributed by atoms with E-state index in [1.165, 1.54) is 0 Å². The second-order valence-electron chi connectivity index (χ2n) is 6.96. The first kappa shape index (κ1) is 15.0. The molecule has 2 atom stereocenters. The van der Waals surface area contributed by atoms with E-state index in [0.717, 1.165) is 27.9 Å². The van der Waals surface area contributed by atoms with E-state index in [1.807, 2.05) is 71.6 Å². The number of carbonyl (C=O) groups excluding carboxylic acids is 1. The number of hydrogen-bond acceptors (Lipinski definition) is 1. The third-order valence-corrected chi connectivity index (χ3v) is 5.56. The summed E-state index contributed by atoms with van der Waals surface area (Å²) in [5.74, 6) is 6.81. The lowest BCUT2D eigenvalue weighted by molar-refractivity contribution is 0.0982. The summed E-state index contributed by atoms with van der Waals surface area (Å²) in [5, 5.41) is 0. The second kappa shape index (κ2) is 5.34. The lowest BCUT2D eigenvalue weighted by Gasteiger charge is -2.32. The van der Waals surface area contributed by atoms with E-state index in [-0.39, 0.29) is 11.8 Å². The maximum atomic E-state index is 13.1. The number of hydrogen-bond donors (Lipinski definition) is 0. The van der Waals surface area contributed by atoms with Gasteiger partial charge in [0.25, 0.3) is 5.91 Å². The molecule has 0 N–H and O–H groups in total. The molecule has 1 amide bonds. The Labute approximate surface area is 153 Å². The molecule has 0 aromatic heterocycles. The van der Waals surface area contributed by atoms with Crippen molar-refractivity contribution in [1.82, 2.24) is 0 Å². The summed E-state index contributed by atoms with van der Waals surface area (Å²) >= 11 is 0. The third kappa shape index (κ3) is 1.86. The summed E-state index contributed by atoms with van der Waals surface area (Å²) in [7, 11) is 0. The molecule has 5 rings (SSSR count). The van der Waals surface area contributed by atoms with Crippen molar-refractivity contribution in [2.75, 3.05) is 4.90 Å². The van der Waals surface area contributed by atoms with Crippen molar-refractivity contribution in [3.63, 3.8) is 0 Å². The van der Waals surface area contributed by atoms with Gasteiger partial charge in [-0.05, 0) is 42.3 Å². The lowest BCUT2D eigenvalue weighted by atomic mass is 9.79. The molecule has 0 saturated carbocycles. The van der Waals surface area contributed by atoms with Crippen LogP contribution in [0.2, 0.25) is 0 Å². The Balaban J connectivity index is 1.74. The van der Waals surface area contributed by atoms with Crippen molar-refractivity contribution < 1.29 is 4.79 Å². The highest BCUT2D eigenvalue weighted by Crippen LogP contribution is 2.57. The zero-order valence-electron chi connectivity index (χ0n) is 14.4. The standard InChI is InChI=1S/C24H17NO/c1-24-20-13-7-5-12-19(20)23(26)25(24)22-14-8-6-11-18(22)21(24)16-15-17-9-3-2-4-10-17/h2-14,21H,1H3/t21-,24-/m0/s1. The monoisotopic (exact) mass is 335 g/mol. The summed E-state index contributed by atoms with van der Waals surface area (Å²) in [6, 6.07) is 26.1. The molecule has 3 aromatic rings. The molecule has 0 fully saturated rings. The average Bonchev–Trinajstić information content (AvgIpc) is 3.08. The van der Waals surface area contributed by atoms with Gasteiger partial charge in [0.1, 0.15) is 0 Å². The molecule has 0 saturated heterocycles. The molecule has 2 aliphatic heterocycles. The van der Waals surface area contributed by atoms with Gasteiger partial charge in [-0.15, -0.1) is 0 Å². The normalized spacial score (nSPS) is 22.3. The number of benzene rings is 3. The van der Waals surface area contributed by atoms with Gasteiger partial charge < -0.3 is 0 Å². The van der Waals surface area contributed by atoms with Crippen LogP contribution in [0.25, 0.3) is 0 Å². The summed E-state index contributed by atoms with van der Waals surface area (Å²) in [4.78, 5) is 15.1. The topological polar surface area (TPSA) is 20.3 Å². The van der Waals surface area contributed by atoms with Crippen LogP contribution in [-0.2, 0) is 5.54 Å². The van der Waals surface area contributed by atoms with E-state index in [1.54, 1.807) is 0 Å². The smallest absolute Gasteiger partial charge is 0.259 e. The van der Waals surface area contributed by atoms with E-state index in [2.05, 4.69) is 30.9 Å². The van der Waals surface area contributed by atoms with Crippen molar-refractivity contribution in [3.8, 4) is 11.8 Å². The third-order valence-electron chi connectivity index (χ3n) is 5.56. The summed E-state index contributed by atoms with van der Waals surface area (Å²) < 4.78 is 0. The minimum Gasteiger partial charge on any atom is -0.296 e. The van der Waals surface area contributed by atoms with Crippen molar-refractivity contribution in [2.24, 2.45) is 0 Å². The van der Waals surface area contributed by atoms with Crippen LogP contribution >= 0.6 is 0 Å². The number of para-hydroxylation sites is 1. The predicted molar refractivity (Wildman–Crippen MR) is 103 cm³/mol. The quantitative estimate of drug-likeness (QED) is 0.545. The number of fused-ring (bicyclic) bond motifs is 5. The van der Waals surface area contributed by atoms with Gasteiger partial charge in [-0.25, -0.2) is 0 Å². The predicted octanol–water partition coefficient (Wildman–Crippen LogP) is 4.71. The Morgan fingerprint density at radius 3 is 2.42 bits per heavy atom.